The van der Waals surface area contributed by atoms with E-state index in [0.29, 0.717) is 5.41 Å². The Hall–Kier alpha value is -0.990. The first-order valence-electron chi connectivity index (χ1n) is 4.51. The lowest BCUT2D eigenvalue weighted by molar-refractivity contribution is 0.732. The minimum Gasteiger partial charge on any atom is -0.384 e. The van der Waals surface area contributed by atoms with Crippen molar-refractivity contribution in [1.82, 2.24) is 9.78 Å². The van der Waals surface area contributed by atoms with E-state index in [9.17, 15) is 0 Å². The zero-order chi connectivity index (χ0) is 8.34. The Morgan fingerprint density at radius 1 is 1.67 bits per heavy atom. The summed E-state index contributed by atoms with van der Waals surface area (Å²) in [7, 11) is 1.90. The second kappa shape index (κ2) is 1.68. The van der Waals surface area contributed by atoms with Crippen molar-refractivity contribution in [1.29, 1.82) is 0 Å². The molecule has 2 fully saturated rings. The molecule has 2 aliphatic rings. The van der Waals surface area contributed by atoms with E-state index in [-0.39, 0.29) is 0 Å². The largest absolute Gasteiger partial charge is 0.384 e. The first-order valence-corrected chi connectivity index (χ1v) is 4.51. The summed E-state index contributed by atoms with van der Waals surface area (Å²) in [5, 5.41) is 4.40. The van der Waals surface area contributed by atoms with Crippen molar-refractivity contribution in [2.75, 3.05) is 5.73 Å². The van der Waals surface area contributed by atoms with Gasteiger partial charge in [-0.1, -0.05) is 0 Å². The van der Waals surface area contributed by atoms with Crippen LogP contribution in [0.15, 0.2) is 6.07 Å². The van der Waals surface area contributed by atoms with E-state index in [4.69, 9.17) is 5.73 Å². The molecule has 1 aromatic heterocycles. The molecule has 1 unspecified atom stereocenters. The number of anilines is 1. The maximum atomic E-state index is 5.72. The topological polar surface area (TPSA) is 43.8 Å². The van der Waals surface area contributed by atoms with Gasteiger partial charge in [-0.3, -0.25) is 4.68 Å². The van der Waals surface area contributed by atoms with Crippen molar-refractivity contribution in [3.8, 4) is 0 Å². The molecule has 1 heterocycles. The fourth-order valence-electron chi connectivity index (χ4n) is 2.15. The number of aryl methyl sites for hydroxylation is 1. The van der Waals surface area contributed by atoms with E-state index in [1.807, 2.05) is 13.1 Å². The van der Waals surface area contributed by atoms with Crippen LogP contribution in [0.1, 0.15) is 30.9 Å². The van der Waals surface area contributed by atoms with Crippen LogP contribution in [-0.2, 0) is 7.05 Å². The Kier molecular flexibility index (Phi) is 0.911. The van der Waals surface area contributed by atoms with Crippen molar-refractivity contribution in [2.24, 2.45) is 12.5 Å². The smallest absolute Gasteiger partial charge is 0.121 e. The van der Waals surface area contributed by atoms with Gasteiger partial charge in [0.15, 0.2) is 0 Å². The number of nitrogens with zero attached hydrogens (tertiary/aromatic N) is 2. The quantitative estimate of drug-likeness (QED) is 0.677. The maximum Gasteiger partial charge on any atom is 0.121 e. The molecule has 0 amide bonds. The molecule has 2 saturated carbocycles. The molecule has 3 heteroatoms. The minimum absolute atomic E-state index is 0.695. The summed E-state index contributed by atoms with van der Waals surface area (Å²) >= 11 is 0. The summed E-state index contributed by atoms with van der Waals surface area (Å²) in [6.45, 7) is 0. The SMILES string of the molecule is Cn1nc(C2CC23CC3)cc1N. The van der Waals surface area contributed by atoms with Crippen molar-refractivity contribution >= 4 is 5.82 Å². The van der Waals surface area contributed by atoms with Gasteiger partial charge in [0.2, 0.25) is 0 Å². The van der Waals surface area contributed by atoms with Crippen molar-refractivity contribution < 1.29 is 0 Å². The van der Waals surface area contributed by atoms with Crippen molar-refractivity contribution in [2.45, 2.75) is 25.2 Å². The lowest BCUT2D eigenvalue weighted by Gasteiger charge is -1.90. The Labute approximate surface area is 71.6 Å². The molecule has 1 spiro atoms. The highest BCUT2D eigenvalue weighted by Gasteiger charge is 2.63. The van der Waals surface area contributed by atoms with Crippen molar-refractivity contribution in [3.63, 3.8) is 0 Å². The molecule has 0 saturated heterocycles. The van der Waals surface area contributed by atoms with Gasteiger partial charge < -0.3 is 5.73 Å². The van der Waals surface area contributed by atoms with E-state index in [2.05, 4.69) is 5.10 Å². The highest BCUT2D eigenvalue weighted by Crippen LogP contribution is 2.74. The summed E-state index contributed by atoms with van der Waals surface area (Å²) in [5.74, 6) is 1.52. The molecule has 1 aromatic rings. The minimum atomic E-state index is 0.695. The summed E-state index contributed by atoms with van der Waals surface area (Å²) in [5.41, 5.74) is 7.63. The maximum absolute atomic E-state index is 5.72. The second-order valence-corrected chi connectivity index (χ2v) is 4.24. The Morgan fingerprint density at radius 3 is 2.83 bits per heavy atom. The number of aromatic nitrogens is 2. The van der Waals surface area contributed by atoms with Gasteiger partial charge in [-0.05, 0) is 24.7 Å². The lowest BCUT2D eigenvalue weighted by Crippen LogP contribution is -1.96. The number of hydrogen-bond donors (Lipinski definition) is 1. The number of nitrogens with two attached hydrogens (primary N) is 1. The van der Waals surface area contributed by atoms with Crippen LogP contribution in [0.5, 0.6) is 0 Å². The number of hydrogen-bond acceptors (Lipinski definition) is 2. The highest BCUT2D eigenvalue weighted by molar-refractivity contribution is 5.37. The van der Waals surface area contributed by atoms with E-state index >= 15 is 0 Å². The predicted octanol–water partition coefficient (Wildman–Crippen LogP) is 1.27. The summed E-state index contributed by atoms with van der Waals surface area (Å²) in [4.78, 5) is 0. The average Bonchev–Trinajstić information content (AvgIpc) is 2.91. The monoisotopic (exact) mass is 163 g/mol. The van der Waals surface area contributed by atoms with Crippen LogP contribution in [-0.4, -0.2) is 9.78 Å². The molecule has 2 aliphatic carbocycles. The third-order valence-corrected chi connectivity index (χ3v) is 3.37. The van der Waals surface area contributed by atoms with Crippen LogP contribution >= 0.6 is 0 Å². The second-order valence-electron chi connectivity index (χ2n) is 4.24. The van der Waals surface area contributed by atoms with Gasteiger partial charge in [-0.2, -0.15) is 5.10 Å². The van der Waals surface area contributed by atoms with Crippen molar-refractivity contribution in [3.05, 3.63) is 11.8 Å². The molecule has 12 heavy (non-hydrogen) atoms. The van der Waals surface area contributed by atoms with Gasteiger partial charge >= 0.3 is 0 Å². The third-order valence-electron chi connectivity index (χ3n) is 3.37. The Balaban J connectivity index is 1.93. The molecule has 0 radical (unpaired) electrons. The van der Waals surface area contributed by atoms with Gasteiger partial charge in [0.1, 0.15) is 5.82 Å². The molecule has 0 aliphatic heterocycles. The van der Waals surface area contributed by atoms with E-state index < -0.39 is 0 Å². The molecule has 0 bridgehead atoms. The fourth-order valence-corrected chi connectivity index (χ4v) is 2.15. The zero-order valence-corrected chi connectivity index (χ0v) is 7.25. The molecule has 1 atom stereocenters. The standard InChI is InChI=1S/C9H13N3/c1-12-8(10)4-7(11-12)6-5-9(6)2-3-9/h4,6H,2-3,5,10H2,1H3. The van der Waals surface area contributed by atoms with Crippen LogP contribution < -0.4 is 5.73 Å². The van der Waals surface area contributed by atoms with E-state index in [1.165, 1.54) is 25.0 Å². The predicted molar refractivity (Wildman–Crippen MR) is 46.6 cm³/mol. The fraction of sp³-hybridized carbons (Fsp3) is 0.667. The molecule has 64 valence electrons. The molecule has 2 N–H and O–H groups in total. The lowest BCUT2D eigenvalue weighted by atomic mass is 10.2. The van der Waals surface area contributed by atoms with E-state index in [0.717, 1.165) is 11.7 Å². The van der Waals surface area contributed by atoms with Crippen LogP contribution in [0.4, 0.5) is 5.82 Å². The molecular weight excluding hydrogens is 150 g/mol. The number of nitrogen functional groups attached to an aromatic ring is 1. The third kappa shape index (κ3) is 0.687. The van der Waals surface area contributed by atoms with Gasteiger partial charge in [0, 0.05) is 19.0 Å². The zero-order valence-electron chi connectivity index (χ0n) is 7.25. The first-order chi connectivity index (χ1) is 5.71. The Morgan fingerprint density at radius 2 is 2.42 bits per heavy atom. The summed E-state index contributed by atoms with van der Waals surface area (Å²) in [6.07, 6.45) is 4.17. The van der Waals surface area contributed by atoms with Crippen LogP contribution in [0.2, 0.25) is 0 Å². The van der Waals surface area contributed by atoms with Crippen LogP contribution in [0.25, 0.3) is 0 Å². The normalized spacial score (nSPS) is 29.2. The molecule has 3 nitrogen and oxygen atoms in total. The molecular formula is C9H13N3. The van der Waals surface area contributed by atoms with E-state index in [1.54, 1.807) is 4.68 Å². The summed E-state index contributed by atoms with van der Waals surface area (Å²) < 4.78 is 1.77. The van der Waals surface area contributed by atoms with Gasteiger partial charge in [-0.15, -0.1) is 0 Å². The highest BCUT2D eigenvalue weighted by atomic mass is 15.3. The average molecular weight is 163 g/mol. The van der Waals surface area contributed by atoms with Crippen LogP contribution in [0.3, 0.4) is 0 Å². The Bertz CT molecular complexity index is 316. The summed E-state index contributed by atoms with van der Waals surface area (Å²) in [6, 6.07) is 2.03. The van der Waals surface area contributed by atoms with Gasteiger partial charge in [0.05, 0.1) is 5.69 Å². The van der Waals surface area contributed by atoms with Gasteiger partial charge in [-0.25, -0.2) is 0 Å². The molecule has 0 aromatic carbocycles. The van der Waals surface area contributed by atoms with Crippen LogP contribution in [0, 0.1) is 5.41 Å². The number of rotatable bonds is 1. The molecule has 3 rings (SSSR count). The first kappa shape index (κ1) is 6.52. The van der Waals surface area contributed by atoms with Gasteiger partial charge in [0.25, 0.3) is 0 Å².